The maximum Gasteiger partial charge on any atom is 0.144 e. The number of aromatic nitrogens is 1. The van der Waals surface area contributed by atoms with Crippen LogP contribution in [0.25, 0.3) is 60.6 Å². The molecule has 0 radical (unpaired) electrons. The molecule has 0 N–H and O–H groups in total. The molecular formula is C30H18ClNO. The summed E-state index contributed by atoms with van der Waals surface area (Å²) >= 11 is 6.87. The fourth-order valence-electron chi connectivity index (χ4n) is 5.08. The SMILES string of the molecule is Clc1ccc2c(oc3ccccc32)c1-c1ccccc1-n1c2ccccc2c2ccccc21. The lowest BCUT2D eigenvalue weighted by Crippen LogP contribution is -1.97. The van der Waals surface area contributed by atoms with Gasteiger partial charge in [0, 0.05) is 32.7 Å². The Kier molecular flexibility index (Phi) is 3.93. The van der Waals surface area contributed by atoms with E-state index < -0.39 is 0 Å². The first kappa shape index (κ1) is 18.6. The van der Waals surface area contributed by atoms with E-state index in [1.807, 2.05) is 24.3 Å². The summed E-state index contributed by atoms with van der Waals surface area (Å²) in [5, 5.41) is 5.31. The molecule has 0 aliphatic carbocycles. The zero-order chi connectivity index (χ0) is 21.9. The number of furan rings is 1. The third kappa shape index (κ3) is 2.62. The van der Waals surface area contributed by atoms with E-state index >= 15 is 0 Å². The number of rotatable bonds is 2. The van der Waals surface area contributed by atoms with Crippen molar-refractivity contribution in [3.63, 3.8) is 0 Å². The van der Waals surface area contributed by atoms with E-state index in [0.717, 1.165) is 38.8 Å². The molecule has 5 aromatic carbocycles. The Bertz CT molecular complexity index is 1790. The van der Waals surface area contributed by atoms with Gasteiger partial charge in [0.2, 0.25) is 0 Å². The molecule has 156 valence electrons. The molecule has 0 fully saturated rings. The smallest absolute Gasteiger partial charge is 0.144 e. The minimum atomic E-state index is 0.676. The van der Waals surface area contributed by atoms with Gasteiger partial charge < -0.3 is 8.98 Å². The third-order valence-corrected chi connectivity index (χ3v) is 6.81. The predicted molar refractivity (Wildman–Crippen MR) is 139 cm³/mol. The minimum Gasteiger partial charge on any atom is -0.455 e. The highest BCUT2D eigenvalue weighted by molar-refractivity contribution is 6.35. The fraction of sp³-hybridized carbons (Fsp3) is 0. The van der Waals surface area contributed by atoms with Gasteiger partial charge >= 0.3 is 0 Å². The number of hydrogen-bond acceptors (Lipinski definition) is 1. The van der Waals surface area contributed by atoms with Crippen LogP contribution in [0.5, 0.6) is 0 Å². The summed E-state index contributed by atoms with van der Waals surface area (Å²) < 4.78 is 8.70. The summed E-state index contributed by atoms with van der Waals surface area (Å²) in [6, 6.07) is 37.7. The lowest BCUT2D eigenvalue weighted by atomic mass is 10.00. The summed E-state index contributed by atoms with van der Waals surface area (Å²) in [6.45, 7) is 0. The van der Waals surface area contributed by atoms with Crippen LogP contribution in [0.4, 0.5) is 0 Å². The molecule has 33 heavy (non-hydrogen) atoms. The first-order valence-corrected chi connectivity index (χ1v) is 11.4. The second kappa shape index (κ2) is 6.99. The molecule has 7 aromatic rings. The van der Waals surface area contributed by atoms with E-state index in [-0.39, 0.29) is 0 Å². The monoisotopic (exact) mass is 443 g/mol. The molecule has 2 nitrogen and oxygen atoms in total. The Morgan fingerprint density at radius 2 is 1.15 bits per heavy atom. The van der Waals surface area contributed by atoms with Crippen molar-refractivity contribution in [2.75, 3.05) is 0 Å². The van der Waals surface area contributed by atoms with Gasteiger partial charge in [-0.2, -0.15) is 0 Å². The highest BCUT2D eigenvalue weighted by atomic mass is 35.5. The van der Waals surface area contributed by atoms with Gasteiger partial charge in [0.1, 0.15) is 11.2 Å². The summed E-state index contributed by atoms with van der Waals surface area (Å²) in [6.07, 6.45) is 0. The van der Waals surface area contributed by atoms with Crippen LogP contribution in [-0.2, 0) is 0 Å². The molecule has 0 aliphatic rings. The molecule has 0 spiro atoms. The molecule has 0 amide bonds. The topological polar surface area (TPSA) is 18.1 Å². The Balaban J connectivity index is 1.62. The van der Waals surface area contributed by atoms with Crippen molar-refractivity contribution < 1.29 is 4.42 Å². The van der Waals surface area contributed by atoms with E-state index in [1.165, 1.54) is 21.8 Å². The summed E-state index contributed by atoms with van der Waals surface area (Å²) in [7, 11) is 0. The van der Waals surface area contributed by atoms with Gasteiger partial charge in [-0.15, -0.1) is 0 Å². The normalized spacial score (nSPS) is 11.8. The van der Waals surface area contributed by atoms with Gasteiger partial charge in [0.05, 0.1) is 21.7 Å². The predicted octanol–water partition coefficient (Wildman–Crippen LogP) is 9.00. The van der Waals surface area contributed by atoms with Crippen LogP contribution in [0.1, 0.15) is 0 Å². The van der Waals surface area contributed by atoms with Gasteiger partial charge in [-0.05, 0) is 36.4 Å². The van der Waals surface area contributed by atoms with Gasteiger partial charge in [-0.3, -0.25) is 0 Å². The molecule has 2 aromatic heterocycles. The van der Waals surface area contributed by atoms with Crippen molar-refractivity contribution in [3.8, 4) is 16.8 Å². The number of para-hydroxylation sites is 4. The van der Waals surface area contributed by atoms with Crippen molar-refractivity contribution >= 4 is 55.3 Å². The summed E-state index contributed by atoms with van der Waals surface area (Å²) in [5.74, 6) is 0. The Labute approximate surface area is 195 Å². The molecule has 0 aliphatic heterocycles. The van der Waals surface area contributed by atoms with Gasteiger partial charge in [-0.1, -0.05) is 84.4 Å². The molecular weight excluding hydrogens is 426 g/mol. The first-order valence-electron chi connectivity index (χ1n) is 11.0. The molecule has 2 heterocycles. The lowest BCUT2D eigenvalue weighted by molar-refractivity contribution is 0.670. The third-order valence-electron chi connectivity index (χ3n) is 6.49. The van der Waals surface area contributed by atoms with E-state index in [9.17, 15) is 0 Å². The number of nitrogens with zero attached hydrogens (tertiary/aromatic N) is 1. The van der Waals surface area contributed by atoms with E-state index in [4.69, 9.17) is 16.0 Å². The molecule has 0 saturated carbocycles. The first-order chi connectivity index (χ1) is 16.3. The largest absolute Gasteiger partial charge is 0.455 e. The van der Waals surface area contributed by atoms with Crippen molar-refractivity contribution in [2.24, 2.45) is 0 Å². The molecule has 0 atom stereocenters. The number of benzene rings is 5. The minimum absolute atomic E-state index is 0.676. The van der Waals surface area contributed by atoms with E-state index in [2.05, 4.69) is 89.5 Å². The average Bonchev–Trinajstić information content (AvgIpc) is 3.40. The van der Waals surface area contributed by atoms with Crippen molar-refractivity contribution in [2.45, 2.75) is 0 Å². The van der Waals surface area contributed by atoms with Crippen LogP contribution in [0.3, 0.4) is 0 Å². The zero-order valence-electron chi connectivity index (χ0n) is 17.6. The average molecular weight is 444 g/mol. The van der Waals surface area contributed by atoms with Crippen molar-refractivity contribution in [1.29, 1.82) is 0 Å². The number of fused-ring (bicyclic) bond motifs is 6. The van der Waals surface area contributed by atoms with Crippen LogP contribution in [-0.4, -0.2) is 4.57 Å². The van der Waals surface area contributed by atoms with E-state index in [0.29, 0.717) is 5.02 Å². The van der Waals surface area contributed by atoms with E-state index in [1.54, 1.807) is 0 Å². The fourth-order valence-corrected chi connectivity index (χ4v) is 5.33. The quantitative estimate of drug-likeness (QED) is 0.260. The summed E-state index contributed by atoms with van der Waals surface area (Å²) in [5.41, 5.74) is 7.05. The molecule has 0 unspecified atom stereocenters. The standard InChI is InChI=1S/C30H18ClNO/c31-24-18-17-22-21-11-4-8-16-28(21)33-30(22)29(24)23-12-3-7-15-27(23)32-25-13-5-1-9-19(25)20-10-2-6-14-26(20)32/h1-18H. The van der Waals surface area contributed by atoms with Gasteiger partial charge in [0.25, 0.3) is 0 Å². The highest BCUT2D eigenvalue weighted by Crippen LogP contribution is 2.43. The summed E-state index contributed by atoms with van der Waals surface area (Å²) in [4.78, 5) is 0. The van der Waals surface area contributed by atoms with Gasteiger partial charge in [0.15, 0.2) is 0 Å². The molecule has 7 rings (SSSR count). The van der Waals surface area contributed by atoms with Crippen molar-refractivity contribution in [1.82, 2.24) is 4.57 Å². The number of hydrogen-bond donors (Lipinski definition) is 0. The lowest BCUT2D eigenvalue weighted by Gasteiger charge is -2.15. The van der Waals surface area contributed by atoms with Crippen LogP contribution in [0.15, 0.2) is 114 Å². The maximum atomic E-state index is 6.87. The van der Waals surface area contributed by atoms with Crippen LogP contribution in [0, 0.1) is 0 Å². The van der Waals surface area contributed by atoms with Gasteiger partial charge in [-0.25, -0.2) is 0 Å². The number of halogens is 1. The zero-order valence-corrected chi connectivity index (χ0v) is 18.4. The molecule has 0 bridgehead atoms. The maximum absolute atomic E-state index is 6.87. The second-order valence-electron chi connectivity index (χ2n) is 8.28. The Morgan fingerprint density at radius 1 is 0.545 bits per heavy atom. The van der Waals surface area contributed by atoms with Crippen molar-refractivity contribution in [3.05, 3.63) is 114 Å². The highest BCUT2D eigenvalue weighted by Gasteiger charge is 2.20. The Hall–Kier alpha value is -4.01. The van der Waals surface area contributed by atoms with Crippen LogP contribution >= 0.6 is 11.6 Å². The van der Waals surface area contributed by atoms with Crippen LogP contribution in [0.2, 0.25) is 5.02 Å². The Morgan fingerprint density at radius 3 is 1.91 bits per heavy atom. The molecule has 0 saturated heterocycles. The second-order valence-corrected chi connectivity index (χ2v) is 8.69. The molecule has 3 heteroatoms. The van der Waals surface area contributed by atoms with Crippen LogP contribution < -0.4 is 0 Å².